The Morgan fingerprint density at radius 3 is 1.85 bits per heavy atom. The highest BCUT2D eigenvalue weighted by Crippen LogP contribution is 2.33. The van der Waals surface area contributed by atoms with Crippen LogP contribution in [0.15, 0.2) is 42.7 Å². The van der Waals surface area contributed by atoms with Crippen molar-refractivity contribution in [2.75, 3.05) is 12.9 Å². The number of aryl methyl sites for hydroxylation is 1. The third kappa shape index (κ3) is 14.1. The zero-order valence-corrected chi connectivity index (χ0v) is 29.0. The summed E-state index contributed by atoms with van der Waals surface area (Å²) in [5, 5.41) is 0. The van der Waals surface area contributed by atoms with Gasteiger partial charge in [0.15, 0.2) is 12.4 Å². The molecule has 0 saturated heterocycles. The van der Waals surface area contributed by atoms with E-state index in [2.05, 4.69) is 45.3 Å². The van der Waals surface area contributed by atoms with Gasteiger partial charge in [0, 0.05) is 31.6 Å². The highest BCUT2D eigenvalue weighted by Gasteiger charge is 2.23. The predicted molar refractivity (Wildman–Crippen MR) is 163 cm³/mol. The second kappa shape index (κ2) is 19.1. The van der Waals surface area contributed by atoms with Crippen LogP contribution in [0.5, 0.6) is 5.75 Å². The van der Waals surface area contributed by atoms with Crippen LogP contribution in [0.4, 0.5) is 0 Å². The Bertz CT molecular complexity index is 1070. The quantitative estimate of drug-likeness (QED) is 0.120. The molecule has 2 aromatic rings. The molecule has 40 heavy (non-hydrogen) atoms. The number of unbranched alkanes of at least 4 members (excludes halogenated alkanes) is 9. The van der Waals surface area contributed by atoms with Gasteiger partial charge in [0.1, 0.15) is 12.3 Å². The van der Waals surface area contributed by atoms with Crippen LogP contribution in [0.3, 0.4) is 0 Å². The van der Waals surface area contributed by atoms with Gasteiger partial charge in [-0.3, -0.25) is 0 Å². The third-order valence-electron chi connectivity index (χ3n) is 7.24. The molecular weight excluding hydrogens is 631 g/mol. The zero-order valence-electron chi connectivity index (χ0n) is 26.1. The number of hydrogen-bond acceptors (Lipinski definition) is 3. The summed E-state index contributed by atoms with van der Waals surface area (Å²) >= 11 is 0. The average Bonchev–Trinajstić information content (AvgIpc) is 2.87. The van der Waals surface area contributed by atoms with E-state index >= 15 is 0 Å². The summed E-state index contributed by atoms with van der Waals surface area (Å²) < 4.78 is 35.3. The number of rotatable bonds is 19. The number of sulfonamides is 1. The van der Waals surface area contributed by atoms with Crippen LogP contribution in [-0.2, 0) is 35.1 Å². The van der Waals surface area contributed by atoms with E-state index < -0.39 is 10.0 Å². The van der Waals surface area contributed by atoms with Gasteiger partial charge < -0.3 is 28.7 Å². The maximum absolute atomic E-state index is 12.7. The zero-order chi connectivity index (χ0) is 28.7. The Morgan fingerprint density at radius 2 is 1.32 bits per heavy atom. The largest absolute Gasteiger partial charge is 1.00 e. The molecule has 0 spiro atoms. The van der Waals surface area contributed by atoms with Gasteiger partial charge in [-0.25, -0.2) is 13.0 Å². The van der Waals surface area contributed by atoms with Gasteiger partial charge >= 0.3 is 0 Å². The van der Waals surface area contributed by atoms with Gasteiger partial charge in [-0.2, -0.15) is 4.31 Å². The molecule has 0 unspecified atom stereocenters. The summed E-state index contributed by atoms with van der Waals surface area (Å²) in [6.45, 7) is 13.3. The van der Waals surface area contributed by atoms with Gasteiger partial charge in [-0.15, -0.1) is 0 Å². The highest BCUT2D eigenvalue weighted by molar-refractivity contribution is 7.88. The number of benzene rings is 1. The van der Waals surface area contributed by atoms with E-state index in [1.165, 1.54) is 64.0 Å². The lowest BCUT2D eigenvalue weighted by Crippen LogP contribution is -3.00. The second-order valence-corrected chi connectivity index (χ2v) is 14.1. The van der Waals surface area contributed by atoms with Crippen LogP contribution in [0, 0.1) is 0 Å². The SMILES string of the molecule is CCCCCCCCCCCCOc1ccc(CN(Cc2cc[n+](CCC)cc2)S(C)(=O)=O)cc1C(C)(C)C.[I-]. The smallest absolute Gasteiger partial charge is 0.211 e. The summed E-state index contributed by atoms with van der Waals surface area (Å²) in [7, 11) is -3.38. The van der Waals surface area contributed by atoms with E-state index in [9.17, 15) is 8.42 Å². The van der Waals surface area contributed by atoms with Crippen molar-refractivity contribution in [3.63, 3.8) is 0 Å². The number of ether oxygens (including phenoxy) is 1. The molecule has 0 radical (unpaired) electrons. The van der Waals surface area contributed by atoms with Crippen LogP contribution >= 0.6 is 0 Å². The molecule has 0 bridgehead atoms. The maximum atomic E-state index is 12.7. The van der Waals surface area contributed by atoms with E-state index in [1.54, 1.807) is 4.31 Å². The lowest BCUT2D eigenvalue weighted by atomic mass is 9.85. The minimum atomic E-state index is -3.38. The van der Waals surface area contributed by atoms with Gasteiger partial charge in [0.2, 0.25) is 10.0 Å². The van der Waals surface area contributed by atoms with Crippen molar-refractivity contribution in [2.45, 2.75) is 130 Å². The van der Waals surface area contributed by atoms with Gasteiger partial charge in [-0.1, -0.05) is 105 Å². The fraction of sp³-hybridized carbons (Fsp3) is 0.667. The second-order valence-electron chi connectivity index (χ2n) is 12.1. The average molecular weight is 687 g/mol. The summed E-state index contributed by atoms with van der Waals surface area (Å²) in [5.74, 6) is 0.914. The molecule has 0 saturated carbocycles. The number of aromatic nitrogens is 1. The minimum absolute atomic E-state index is 0. The fourth-order valence-electron chi connectivity index (χ4n) is 4.86. The Hall–Kier alpha value is -1.19. The van der Waals surface area contributed by atoms with E-state index in [0.29, 0.717) is 13.1 Å². The lowest BCUT2D eigenvalue weighted by molar-refractivity contribution is -0.697. The molecule has 0 fully saturated rings. The summed E-state index contributed by atoms with van der Waals surface area (Å²) in [4.78, 5) is 0. The van der Waals surface area contributed by atoms with Crippen molar-refractivity contribution in [2.24, 2.45) is 0 Å². The molecule has 1 heterocycles. The standard InChI is InChI=1S/C33H55N2O3S.HI/c1-7-9-10-11-12-13-14-15-16-17-25-38-32-19-18-30(26-31(32)33(3,4)5)28-35(39(6,36)37)27-29-20-23-34(22-8-2)24-21-29;/h18-21,23-24,26H,7-17,22,25,27-28H2,1-6H3;1H/q+1;/p-1. The van der Waals surface area contributed by atoms with E-state index in [4.69, 9.17) is 4.74 Å². The minimum Gasteiger partial charge on any atom is -1.00 e. The lowest BCUT2D eigenvalue weighted by Gasteiger charge is -2.25. The number of hydrogen-bond donors (Lipinski definition) is 0. The van der Waals surface area contributed by atoms with Crippen molar-refractivity contribution in [3.8, 4) is 5.75 Å². The fourth-order valence-corrected chi connectivity index (χ4v) is 5.62. The van der Waals surface area contributed by atoms with Gasteiger partial charge in [0.25, 0.3) is 0 Å². The topological polar surface area (TPSA) is 50.5 Å². The Labute approximate surface area is 263 Å². The highest BCUT2D eigenvalue weighted by atomic mass is 127. The van der Waals surface area contributed by atoms with Crippen LogP contribution < -0.4 is 33.3 Å². The molecule has 1 aromatic carbocycles. The number of nitrogens with zero attached hydrogens (tertiary/aromatic N) is 2. The monoisotopic (exact) mass is 686 g/mol. The molecule has 2 rings (SSSR count). The van der Waals surface area contributed by atoms with E-state index in [-0.39, 0.29) is 29.4 Å². The van der Waals surface area contributed by atoms with E-state index in [1.807, 2.05) is 36.7 Å². The van der Waals surface area contributed by atoms with Crippen LogP contribution in [-0.4, -0.2) is 25.6 Å². The van der Waals surface area contributed by atoms with Crippen molar-refractivity contribution in [3.05, 3.63) is 59.4 Å². The van der Waals surface area contributed by atoms with Crippen molar-refractivity contribution < 1.29 is 41.7 Å². The number of pyridine rings is 1. The normalized spacial score (nSPS) is 12.0. The molecule has 0 amide bonds. The number of halogens is 1. The summed E-state index contributed by atoms with van der Waals surface area (Å²) in [6, 6.07) is 10.2. The molecule has 0 atom stereocenters. The van der Waals surface area contributed by atoms with Crippen LogP contribution in [0.2, 0.25) is 0 Å². The molecule has 228 valence electrons. The van der Waals surface area contributed by atoms with Crippen molar-refractivity contribution in [1.82, 2.24) is 4.31 Å². The maximum Gasteiger partial charge on any atom is 0.211 e. The first-order chi connectivity index (χ1) is 18.5. The van der Waals surface area contributed by atoms with Crippen molar-refractivity contribution in [1.29, 1.82) is 0 Å². The van der Waals surface area contributed by atoms with Crippen molar-refractivity contribution >= 4 is 10.0 Å². The molecule has 0 aliphatic heterocycles. The Morgan fingerprint density at radius 1 is 0.775 bits per heavy atom. The summed E-state index contributed by atoms with van der Waals surface area (Å²) in [5.41, 5.74) is 2.99. The first kappa shape index (κ1) is 36.8. The molecule has 0 aliphatic rings. The molecule has 5 nitrogen and oxygen atoms in total. The molecular formula is C33H55IN2O3S. The Balaban J connectivity index is 0.00000800. The first-order valence-electron chi connectivity index (χ1n) is 15.2. The van der Waals surface area contributed by atoms with Crippen LogP contribution in [0.1, 0.15) is 122 Å². The predicted octanol–water partition coefficient (Wildman–Crippen LogP) is 4.95. The summed E-state index contributed by atoms with van der Waals surface area (Å²) in [6.07, 6.45) is 19.5. The molecule has 0 N–H and O–H groups in total. The first-order valence-corrected chi connectivity index (χ1v) is 17.1. The molecule has 7 heteroatoms. The molecule has 1 aromatic heterocycles. The molecule has 0 aliphatic carbocycles. The van der Waals surface area contributed by atoms with Gasteiger partial charge in [0.05, 0.1) is 12.9 Å². The third-order valence-corrected chi connectivity index (χ3v) is 8.43. The van der Waals surface area contributed by atoms with Crippen LogP contribution in [0.25, 0.3) is 0 Å². The Kier molecular flexibility index (Phi) is 17.6. The van der Waals surface area contributed by atoms with Gasteiger partial charge in [-0.05, 0) is 34.6 Å². The van der Waals surface area contributed by atoms with E-state index in [0.717, 1.165) is 48.4 Å².